The van der Waals surface area contributed by atoms with Crippen LogP contribution in [0.25, 0.3) is 10.8 Å². The van der Waals surface area contributed by atoms with Gasteiger partial charge in [-0.2, -0.15) is 0 Å². The van der Waals surface area contributed by atoms with E-state index in [1.807, 2.05) is 17.4 Å². The fourth-order valence-electron chi connectivity index (χ4n) is 3.16. The third kappa shape index (κ3) is 4.38. The highest BCUT2D eigenvalue weighted by molar-refractivity contribution is 5.93. The molecule has 3 aromatic carbocycles. The molecule has 0 saturated heterocycles. The molecule has 0 aromatic heterocycles. The third-order valence-electron chi connectivity index (χ3n) is 4.65. The van der Waals surface area contributed by atoms with E-state index in [0.717, 1.165) is 0 Å². The molecule has 0 aliphatic heterocycles. The highest BCUT2D eigenvalue weighted by Crippen LogP contribution is 2.28. The van der Waals surface area contributed by atoms with Crippen molar-refractivity contribution in [2.24, 2.45) is 0 Å². The molecule has 0 spiro atoms. The largest absolute Gasteiger partial charge is 0.497 e. The van der Waals surface area contributed by atoms with Crippen molar-refractivity contribution < 1.29 is 19.6 Å². The minimum atomic E-state index is -0.0782. The van der Waals surface area contributed by atoms with Crippen molar-refractivity contribution in [2.45, 2.75) is 13.0 Å². The van der Waals surface area contributed by atoms with Crippen molar-refractivity contribution >= 4 is 22.4 Å². The molecular formula is C22H25N2O3+. The topological polar surface area (TPSA) is 64.2 Å². The van der Waals surface area contributed by atoms with Gasteiger partial charge in [-0.25, -0.2) is 0 Å². The first-order chi connectivity index (χ1) is 13.1. The van der Waals surface area contributed by atoms with Gasteiger partial charge >= 0.3 is 0 Å². The normalized spacial score (nSPS) is 11.8. The summed E-state index contributed by atoms with van der Waals surface area (Å²) < 4.78 is 10.5. The number of nitrogens with two attached hydrogens (primary N) is 1. The monoisotopic (exact) mass is 365 g/mol. The average Bonchev–Trinajstić information content (AvgIpc) is 2.71. The summed E-state index contributed by atoms with van der Waals surface area (Å²) in [4.78, 5) is 12.4. The van der Waals surface area contributed by atoms with Crippen LogP contribution >= 0.6 is 0 Å². The van der Waals surface area contributed by atoms with E-state index in [1.54, 1.807) is 32.4 Å². The van der Waals surface area contributed by atoms with Gasteiger partial charge in [0.15, 0.2) is 6.54 Å². The lowest BCUT2D eigenvalue weighted by molar-refractivity contribution is -0.682. The van der Waals surface area contributed by atoms with Gasteiger partial charge in [0, 0.05) is 11.6 Å². The van der Waals surface area contributed by atoms with Crippen molar-refractivity contribution in [3.8, 4) is 11.5 Å². The maximum absolute atomic E-state index is 12.4. The molecule has 0 aliphatic carbocycles. The lowest BCUT2D eigenvalue weighted by Crippen LogP contribution is -2.86. The highest BCUT2D eigenvalue weighted by Gasteiger charge is 2.15. The predicted molar refractivity (Wildman–Crippen MR) is 107 cm³/mol. The van der Waals surface area contributed by atoms with E-state index in [0.29, 0.717) is 23.7 Å². The number of anilines is 1. The maximum atomic E-state index is 12.4. The highest BCUT2D eigenvalue weighted by atomic mass is 16.5. The number of methoxy groups -OCH3 is 2. The van der Waals surface area contributed by atoms with E-state index < -0.39 is 0 Å². The molecule has 1 atom stereocenters. The van der Waals surface area contributed by atoms with Crippen molar-refractivity contribution in [2.75, 3.05) is 26.1 Å². The van der Waals surface area contributed by atoms with Crippen LogP contribution in [-0.2, 0) is 4.79 Å². The minimum Gasteiger partial charge on any atom is -0.497 e. The second-order valence-corrected chi connectivity index (χ2v) is 6.41. The van der Waals surface area contributed by atoms with Crippen molar-refractivity contribution in [3.63, 3.8) is 0 Å². The summed E-state index contributed by atoms with van der Waals surface area (Å²) in [5.74, 6) is 1.18. The van der Waals surface area contributed by atoms with Crippen molar-refractivity contribution in [3.05, 3.63) is 66.2 Å². The number of quaternary nitrogens is 1. The number of ether oxygens (including phenoxy) is 2. The lowest BCUT2D eigenvalue weighted by Gasteiger charge is -2.15. The van der Waals surface area contributed by atoms with Crippen molar-refractivity contribution in [1.29, 1.82) is 0 Å². The van der Waals surface area contributed by atoms with E-state index in [-0.39, 0.29) is 11.9 Å². The molecule has 140 valence electrons. The average molecular weight is 365 g/mol. The molecule has 1 amide bonds. The van der Waals surface area contributed by atoms with Crippen LogP contribution in [0.5, 0.6) is 11.5 Å². The zero-order valence-electron chi connectivity index (χ0n) is 15.9. The fourth-order valence-corrected chi connectivity index (χ4v) is 3.16. The SMILES string of the molecule is COc1ccc(NC(=O)C[NH2+][C@@H](C)c2cccc3ccccc23)c(OC)c1. The summed E-state index contributed by atoms with van der Waals surface area (Å²) in [6.07, 6.45) is 0. The van der Waals surface area contributed by atoms with Gasteiger partial charge in [-0.15, -0.1) is 0 Å². The molecule has 5 nitrogen and oxygen atoms in total. The number of carbonyl (C=O) groups is 1. The van der Waals surface area contributed by atoms with Gasteiger partial charge in [0.25, 0.3) is 5.91 Å². The molecule has 0 radical (unpaired) electrons. The number of amides is 1. The van der Waals surface area contributed by atoms with Gasteiger partial charge in [0.2, 0.25) is 0 Å². The van der Waals surface area contributed by atoms with Gasteiger partial charge < -0.3 is 20.1 Å². The first kappa shape index (κ1) is 18.7. The van der Waals surface area contributed by atoms with Gasteiger partial charge in [-0.05, 0) is 29.8 Å². The number of hydrogen-bond donors (Lipinski definition) is 2. The lowest BCUT2D eigenvalue weighted by atomic mass is 10.00. The molecular weight excluding hydrogens is 340 g/mol. The van der Waals surface area contributed by atoms with Gasteiger partial charge in [-0.3, -0.25) is 4.79 Å². The van der Waals surface area contributed by atoms with Gasteiger partial charge in [0.1, 0.15) is 17.5 Å². The number of carbonyl (C=O) groups excluding carboxylic acids is 1. The van der Waals surface area contributed by atoms with E-state index in [1.165, 1.54) is 16.3 Å². The Hall–Kier alpha value is -3.05. The molecule has 3 N–H and O–H groups in total. The standard InChI is InChI=1S/C22H24N2O3/c1-15(18-10-6-8-16-7-4-5-9-19(16)18)23-14-22(25)24-20-12-11-17(26-2)13-21(20)27-3/h4-13,15,23H,14H2,1-3H3,(H,24,25)/p+1/t15-/m0/s1. The van der Waals surface area contributed by atoms with Crippen LogP contribution in [0.4, 0.5) is 5.69 Å². The Morgan fingerprint density at radius 3 is 2.59 bits per heavy atom. The predicted octanol–water partition coefficient (Wildman–Crippen LogP) is 3.12. The molecule has 5 heteroatoms. The van der Waals surface area contributed by atoms with Crippen molar-refractivity contribution in [1.82, 2.24) is 0 Å². The summed E-state index contributed by atoms with van der Waals surface area (Å²) in [7, 11) is 3.16. The summed E-state index contributed by atoms with van der Waals surface area (Å²) >= 11 is 0. The van der Waals surface area contributed by atoms with Crippen LogP contribution in [0.3, 0.4) is 0 Å². The zero-order chi connectivity index (χ0) is 19.2. The van der Waals surface area contributed by atoms with Crippen LogP contribution < -0.4 is 20.1 Å². The van der Waals surface area contributed by atoms with E-state index in [9.17, 15) is 4.79 Å². The molecule has 0 saturated carbocycles. The molecule has 3 rings (SSSR count). The first-order valence-corrected chi connectivity index (χ1v) is 8.95. The molecule has 27 heavy (non-hydrogen) atoms. The Labute approximate surface area is 159 Å². The van der Waals surface area contributed by atoms with Crippen LogP contribution in [0.2, 0.25) is 0 Å². The minimum absolute atomic E-state index is 0.0782. The Balaban J connectivity index is 1.65. The molecule has 0 fully saturated rings. The van der Waals surface area contributed by atoms with Crippen LogP contribution in [0.15, 0.2) is 60.7 Å². The van der Waals surface area contributed by atoms with E-state index in [4.69, 9.17) is 9.47 Å². The summed E-state index contributed by atoms with van der Waals surface area (Å²) in [5.41, 5.74) is 1.86. The smallest absolute Gasteiger partial charge is 0.279 e. The van der Waals surface area contributed by atoms with Crippen LogP contribution in [-0.4, -0.2) is 26.7 Å². The summed E-state index contributed by atoms with van der Waals surface area (Å²) in [6, 6.07) is 20.1. The van der Waals surface area contributed by atoms with Crippen LogP contribution in [0, 0.1) is 0 Å². The number of rotatable bonds is 7. The number of fused-ring (bicyclic) bond motifs is 1. The Morgan fingerprint density at radius 2 is 1.81 bits per heavy atom. The van der Waals surface area contributed by atoms with E-state index >= 15 is 0 Å². The second kappa shape index (κ2) is 8.56. The summed E-state index contributed by atoms with van der Waals surface area (Å²) in [5, 5.41) is 7.37. The third-order valence-corrected chi connectivity index (χ3v) is 4.65. The number of benzene rings is 3. The second-order valence-electron chi connectivity index (χ2n) is 6.41. The molecule has 3 aromatic rings. The van der Waals surface area contributed by atoms with E-state index in [2.05, 4.69) is 42.6 Å². The van der Waals surface area contributed by atoms with Crippen LogP contribution in [0.1, 0.15) is 18.5 Å². The maximum Gasteiger partial charge on any atom is 0.279 e. The number of hydrogen-bond acceptors (Lipinski definition) is 3. The Bertz CT molecular complexity index is 934. The molecule has 0 bridgehead atoms. The molecule has 0 aliphatic rings. The Kier molecular flexibility index (Phi) is 5.94. The number of nitrogens with one attached hydrogen (secondary N) is 1. The Morgan fingerprint density at radius 1 is 1.04 bits per heavy atom. The molecule has 0 heterocycles. The zero-order valence-corrected chi connectivity index (χ0v) is 15.9. The van der Waals surface area contributed by atoms with Gasteiger partial charge in [-0.1, -0.05) is 42.5 Å². The first-order valence-electron chi connectivity index (χ1n) is 8.95. The summed E-state index contributed by atoms with van der Waals surface area (Å²) in [6.45, 7) is 2.43. The molecule has 0 unspecified atom stereocenters. The fraction of sp³-hybridized carbons (Fsp3) is 0.227. The van der Waals surface area contributed by atoms with Gasteiger partial charge in [0.05, 0.1) is 19.9 Å². The quantitative estimate of drug-likeness (QED) is 0.676.